The van der Waals surface area contributed by atoms with Crippen molar-refractivity contribution < 1.29 is 23.6 Å². The van der Waals surface area contributed by atoms with Gasteiger partial charge in [0.05, 0.1) is 11.2 Å². The maximum absolute atomic E-state index is 13.5. The van der Waals surface area contributed by atoms with Crippen molar-refractivity contribution in [2.45, 2.75) is 45.8 Å². The molecule has 1 heterocycles. The molecule has 1 aliphatic rings. The molecule has 1 aromatic carbocycles. The molecule has 0 amide bonds. The van der Waals surface area contributed by atoms with Crippen molar-refractivity contribution in [2.24, 2.45) is 0 Å². The zero-order valence-electron chi connectivity index (χ0n) is 14.6. The van der Waals surface area contributed by atoms with E-state index in [9.17, 15) is 14.3 Å². The third kappa shape index (κ3) is 4.40. The van der Waals surface area contributed by atoms with Crippen LogP contribution in [0.25, 0.3) is 6.08 Å². The van der Waals surface area contributed by atoms with Crippen molar-refractivity contribution in [2.75, 3.05) is 5.75 Å². The fraction of sp³-hybridized carbons (Fsp3) is 0.471. The molecule has 1 N–H and O–H groups in total. The molecule has 2 rings (SSSR count). The summed E-state index contributed by atoms with van der Waals surface area (Å²) in [4.78, 5) is 11.3. The van der Waals surface area contributed by atoms with E-state index in [1.54, 1.807) is 6.08 Å². The second-order valence-electron chi connectivity index (χ2n) is 6.83. The molecule has 0 aromatic heterocycles. The molecule has 130 valence electrons. The van der Waals surface area contributed by atoms with Gasteiger partial charge in [0, 0.05) is 18.7 Å². The Morgan fingerprint density at radius 2 is 1.83 bits per heavy atom. The molecule has 7 heteroatoms. The van der Waals surface area contributed by atoms with Crippen LogP contribution in [0, 0.1) is 5.82 Å². The van der Waals surface area contributed by atoms with E-state index in [2.05, 4.69) is 0 Å². The second kappa shape index (κ2) is 6.90. The van der Waals surface area contributed by atoms with Gasteiger partial charge in [-0.2, -0.15) is 0 Å². The van der Waals surface area contributed by atoms with Gasteiger partial charge in [-0.05, 0) is 50.9 Å². The molecule has 0 atom stereocenters. The summed E-state index contributed by atoms with van der Waals surface area (Å²) in [5.74, 6) is -0.328. The molecular weight excluding hydrogens is 330 g/mol. The molecule has 1 saturated heterocycles. The highest BCUT2D eigenvalue weighted by molar-refractivity contribution is 8.13. The molecule has 24 heavy (non-hydrogen) atoms. The molecule has 0 bridgehead atoms. The Bertz CT molecular complexity index is 636. The molecule has 0 radical (unpaired) electrons. The number of thioether (sulfide) groups is 1. The van der Waals surface area contributed by atoms with E-state index in [1.807, 2.05) is 27.7 Å². The third-order valence-corrected chi connectivity index (χ3v) is 5.14. The summed E-state index contributed by atoms with van der Waals surface area (Å²) in [6, 6.07) is 3.80. The first-order valence-corrected chi connectivity index (χ1v) is 8.68. The van der Waals surface area contributed by atoms with Crippen LogP contribution in [0.5, 0.6) is 5.75 Å². The number of carbonyl (C=O) groups is 1. The molecule has 1 aliphatic heterocycles. The minimum Gasteiger partial charge on any atom is -0.508 e. The van der Waals surface area contributed by atoms with Crippen LogP contribution in [-0.4, -0.2) is 34.3 Å². The summed E-state index contributed by atoms with van der Waals surface area (Å²) in [6.07, 6.45) is 1.70. The SMILES string of the molecule is CC(=O)SCC(=Cc1cc(O)cc(F)c1)B1OC(C)(C)C(C)(C)O1. The molecular formula is C17H22BFO4S. The Labute approximate surface area is 146 Å². The Morgan fingerprint density at radius 1 is 1.25 bits per heavy atom. The zero-order chi connectivity index (χ0) is 18.1. The van der Waals surface area contributed by atoms with Crippen molar-refractivity contribution in [3.63, 3.8) is 0 Å². The van der Waals surface area contributed by atoms with Gasteiger partial charge in [-0.15, -0.1) is 0 Å². The van der Waals surface area contributed by atoms with Gasteiger partial charge in [0.15, 0.2) is 5.12 Å². The van der Waals surface area contributed by atoms with E-state index in [1.165, 1.54) is 19.1 Å². The highest BCUT2D eigenvalue weighted by Crippen LogP contribution is 2.39. The average Bonchev–Trinajstić information content (AvgIpc) is 2.62. The Hall–Kier alpha value is -1.31. The number of phenols is 1. The molecule has 0 aliphatic carbocycles. The van der Waals surface area contributed by atoms with E-state index < -0.39 is 24.1 Å². The largest absolute Gasteiger partial charge is 0.508 e. The molecule has 1 aromatic rings. The second-order valence-corrected chi connectivity index (χ2v) is 7.98. The minimum absolute atomic E-state index is 0.0282. The lowest BCUT2D eigenvalue weighted by molar-refractivity contribution is -0.109. The topological polar surface area (TPSA) is 55.8 Å². The Kier molecular flexibility index (Phi) is 5.47. The van der Waals surface area contributed by atoms with Crippen molar-refractivity contribution in [1.29, 1.82) is 0 Å². The normalized spacial score (nSPS) is 19.6. The van der Waals surface area contributed by atoms with Gasteiger partial charge in [0.2, 0.25) is 0 Å². The number of carbonyl (C=O) groups excluding carboxylic acids is 1. The average molecular weight is 352 g/mol. The fourth-order valence-corrected chi connectivity index (χ4v) is 2.84. The predicted molar refractivity (Wildman–Crippen MR) is 95.3 cm³/mol. The molecule has 4 nitrogen and oxygen atoms in total. The lowest BCUT2D eigenvalue weighted by Gasteiger charge is -2.32. The van der Waals surface area contributed by atoms with Crippen LogP contribution in [-0.2, 0) is 14.1 Å². The number of hydrogen-bond donors (Lipinski definition) is 1. The van der Waals surface area contributed by atoms with Gasteiger partial charge in [-0.1, -0.05) is 17.8 Å². The highest BCUT2D eigenvalue weighted by Gasteiger charge is 2.52. The standard InChI is InChI=1S/C17H22BFO4S/c1-11(20)24-10-13(6-12-7-14(19)9-15(21)8-12)18-22-16(2,3)17(4,5)23-18/h6-9,21H,10H2,1-5H3. The van der Waals surface area contributed by atoms with Gasteiger partial charge < -0.3 is 14.4 Å². The Balaban J connectivity index is 2.35. The minimum atomic E-state index is -0.632. The lowest BCUT2D eigenvalue weighted by atomic mass is 9.78. The molecule has 0 spiro atoms. The number of hydrogen-bond acceptors (Lipinski definition) is 5. The number of phenolic OH excluding ortho intramolecular Hbond substituents is 1. The number of rotatable bonds is 4. The summed E-state index contributed by atoms with van der Waals surface area (Å²) >= 11 is 1.13. The van der Waals surface area contributed by atoms with Crippen LogP contribution in [0.3, 0.4) is 0 Å². The van der Waals surface area contributed by atoms with Crippen molar-refractivity contribution in [3.05, 3.63) is 35.1 Å². The quantitative estimate of drug-likeness (QED) is 0.835. The van der Waals surface area contributed by atoms with E-state index in [4.69, 9.17) is 9.31 Å². The summed E-state index contributed by atoms with van der Waals surface area (Å²) < 4.78 is 25.5. The fourth-order valence-electron chi connectivity index (χ4n) is 2.25. The van der Waals surface area contributed by atoms with E-state index in [-0.39, 0.29) is 10.9 Å². The summed E-state index contributed by atoms with van der Waals surface area (Å²) in [6.45, 7) is 9.25. The highest BCUT2D eigenvalue weighted by atomic mass is 32.2. The van der Waals surface area contributed by atoms with Crippen molar-refractivity contribution >= 4 is 30.1 Å². The molecule has 1 fully saturated rings. The third-order valence-electron chi connectivity index (χ3n) is 4.26. The Morgan fingerprint density at radius 3 is 2.33 bits per heavy atom. The van der Waals surface area contributed by atoms with Gasteiger partial charge in [0.1, 0.15) is 11.6 Å². The van der Waals surface area contributed by atoms with Gasteiger partial charge >= 0.3 is 7.12 Å². The predicted octanol–water partition coefficient (Wildman–Crippen LogP) is 3.83. The first kappa shape index (κ1) is 19.0. The van der Waals surface area contributed by atoms with Crippen LogP contribution >= 0.6 is 11.8 Å². The molecule has 0 saturated carbocycles. The zero-order valence-corrected chi connectivity index (χ0v) is 15.4. The number of benzene rings is 1. The van der Waals surface area contributed by atoms with Crippen LogP contribution < -0.4 is 0 Å². The van der Waals surface area contributed by atoms with Gasteiger partial charge in [0.25, 0.3) is 0 Å². The summed E-state index contributed by atoms with van der Waals surface area (Å²) in [7, 11) is -0.632. The summed E-state index contributed by atoms with van der Waals surface area (Å²) in [5.41, 5.74) is 0.170. The summed E-state index contributed by atoms with van der Waals surface area (Å²) in [5, 5.41) is 9.54. The number of aromatic hydroxyl groups is 1. The first-order chi connectivity index (χ1) is 11.0. The van der Waals surface area contributed by atoms with E-state index in [0.29, 0.717) is 16.8 Å². The van der Waals surface area contributed by atoms with E-state index >= 15 is 0 Å². The maximum atomic E-state index is 13.5. The molecule has 0 unspecified atom stereocenters. The van der Waals surface area contributed by atoms with Crippen molar-refractivity contribution in [3.8, 4) is 5.75 Å². The van der Waals surface area contributed by atoms with Crippen LogP contribution in [0.4, 0.5) is 4.39 Å². The maximum Gasteiger partial charge on any atom is 0.491 e. The number of halogens is 1. The van der Waals surface area contributed by atoms with Crippen LogP contribution in [0.1, 0.15) is 40.2 Å². The van der Waals surface area contributed by atoms with Crippen molar-refractivity contribution in [1.82, 2.24) is 0 Å². The monoisotopic (exact) mass is 352 g/mol. The smallest absolute Gasteiger partial charge is 0.491 e. The van der Waals surface area contributed by atoms with E-state index in [0.717, 1.165) is 17.8 Å². The van der Waals surface area contributed by atoms with Gasteiger partial charge in [-0.25, -0.2) is 4.39 Å². The van der Waals surface area contributed by atoms with Gasteiger partial charge in [-0.3, -0.25) is 4.79 Å². The lowest BCUT2D eigenvalue weighted by Crippen LogP contribution is -2.41. The van der Waals surface area contributed by atoms with Crippen LogP contribution in [0.15, 0.2) is 23.7 Å². The van der Waals surface area contributed by atoms with Crippen LogP contribution in [0.2, 0.25) is 0 Å². The first-order valence-electron chi connectivity index (χ1n) is 7.69.